The van der Waals surface area contributed by atoms with Gasteiger partial charge in [0.05, 0.1) is 25.0 Å². The Morgan fingerprint density at radius 3 is 2.63 bits per heavy atom. The number of aliphatic hydroxyl groups is 1. The van der Waals surface area contributed by atoms with E-state index in [2.05, 4.69) is 34.4 Å². The Balaban J connectivity index is 0.00000364. The molecule has 2 rings (SSSR count). The van der Waals surface area contributed by atoms with Crippen molar-refractivity contribution in [2.75, 3.05) is 39.3 Å². The van der Waals surface area contributed by atoms with Crippen molar-refractivity contribution in [3.05, 3.63) is 24.2 Å². The number of furan rings is 1. The zero-order valence-electron chi connectivity index (χ0n) is 16.9. The van der Waals surface area contributed by atoms with Gasteiger partial charge in [-0.05, 0) is 46.2 Å². The van der Waals surface area contributed by atoms with Crippen LogP contribution >= 0.6 is 24.0 Å². The molecule has 7 nitrogen and oxygen atoms in total. The van der Waals surface area contributed by atoms with E-state index in [4.69, 9.17) is 9.15 Å². The zero-order chi connectivity index (χ0) is 19.0. The van der Waals surface area contributed by atoms with Gasteiger partial charge in [-0.15, -0.1) is 24.0 Å². The van der Waals surface area contributed by atoms with Gasteiger partial charge in [-0.25, -0.2) is 4.99 Å². The largest absolute Gasteiger partial charge is 0.466 e. The summed E-state index contributed by atoms with van der Waals surface area (Å²) in [5.74, 6) is 1.23. The van der Waals surface area contributed by atoms with E-state index < -0.39 is 5.60 Å². The first-order valence-electron chi connectivity index (χ1n) is 9.57. The Bertz CT molecular complexity index is 541. The van der Waals surface area contributed by atoms with Crippen molar-refractivity contribution in [1.29, 1.82) is 0 Å². The van der Waals surface area contributed by atoms with Crippen LogP contribution in [0.15, 0.2) is 27.8 Å². The highest BCUT2D eigenvalue weighted by Gasteiger charge is 2.26. The van der Waals surface area contributed by atoms with Crippen LogP contribution in [0.4, 0.5) is 0 Å². The van der Waals surface area contributed by atoms with Crippen LogP contribution in [0.1, 0.15) is 39.9 Å². The van der Waals surface area contributed by atoms with Crippen LogP contribution in [0.2, 0.25) is 0 Å². The predicted octanol–water partition coefficient (Wildman–Crippen LogP) is 2.16. The lowest BCUT2D eigenvalue weighted by Crippen LogP contribution is -2.46. The Morgan fingerprint density at radius 1 is 1.33 bits per heavy atom. The minimum absolute atomic E-state index is 0. The van der Waals surface area contributed by atoms with E-state index in [9.17, 15) is 5.11 Å². The molecule has 1 saturated heterocycles. The maximum atomic E-state index is 10.5. The minimum atomic E-state index is -1.12. The topological polar surface area (TPSA) is 82.3 Å². The van der Waals surface area contributed by atoms with E-state index in [-0.39, 0.29) is 30.5 Å². The van der Waals surface area contributed by atoms with Crippen LogP contribution in [0.5, 0.6) is 0 Å². The number of nitrogens with one attached hydrogen (secondary N) is 2. The summed E-state index contributed by atoms with van der Waals surface area (Å²) in [5, 5.41) is 17.1. The van der Waals surface area contributed by atoms with Crippen molar-refractivity contribution in [1.82, 2.24) is 15.5 Å². The lowest BCUT2D eigenvalue weighted by molar-refractivity contribution is -0.0679. The Labute approximate surface area is 180 Å². The van der Waals surface area contributed by atoms with Crippen LogP contribution < -0.4 is 10.6 Å². The zero-order valence-corrected chi connectivity index (χ0v) is 19.2. The van der Waals surface area contributed by atoms with Crippen molar-refractivity contribution in [3.63, 3.8) is 0 Å². The predicted molar refractivity (Wildman–Crippen MR) is 119 cm³/mol. The molecule has 3 unspecified atom stereocenters. The normalized spacial score (nSPS) is 23.4. The number of halogens is 1. The summed E-state index contributed by atoms with van der Waals surface area (Å²) in [6.45, 7) is 12.8. The molecule has 8 heteroatoms. The molecule has 0 saturated carbocycles. The van der Waals surface area contributed by atoms with E-state index in [0.717, 1.165) is 39.1 Å². The number of guanidine groups is 1. The summed E-state index contributed by atoms with van der Waals surface area (Å²) in [6.07, 6.45) is 3.19. The average Bonchev–Trinajstić information content (AvgIpc) is 3.11. The van der Waals surface area contributed by atoms with Gasteiger partial charge in [0.2, 0.25) is 0 Å². The fourth-order valence-corrected chi connectivity index (χ4v) is 3.21. The number of nitrogens with zero attached hydrogens (tertiary/aromatic N) is 2. The number of aliphatic imine (C=N–C) groups is 1. The highest BCUT2D eigenvalue weighted by molar-refractivity contribution is 14.0. The van der Waals surface area contributed by atoms with Crippen LogP contribution in [0, 0.1) is 0 Å². The molecule has 0 spiro atoms. The van der Waals surface area contributed by atoms with Gasteiger partial charge < -0.3 is 24.9 Å². The maximum Gasteiger partial charge on any atom is 0.191 e. The molecule has 1 aliphatic rings. The van der Waals surface area contributed by atoms with Gasteiger partial charge in [0.25, 0.3) is 0 Å². The SMILES string of the molecule is CCNC(=NCC(C)(O)c1ccco1)NCCCN1CC(C)OC(C)C1.I. The summed E-state index contributed by atoms with van der Waals surface area (Å²) in [5.41, 5.74) is -1.12. The summed E-state index contributed by atoms with van der Waals surface area (Å²) < 4.78 is 11.1. The maximum absolute atomic E-state index is 10.5. The molecule has 1 aliphatic heterocycles. The molecular weight excluding hydrogens is 459 g/mol. The van der Waals surface area contributed by atoms with Gasteiger partial charge in [0, 0.05) is 32.7 Å². The molecule has 156 valence electrons. The van der Waals surface area contributed by atoms with Gasteiger partial charge in [0.15, 0.2) is 5.96 Å². The summed E-state index contributed by atoms with van der Waals surface area (Å²) in [6, 6.07) is 3.53. The van der Waals surface area contributed by atoms with Gasteiger partial charge in [-0.3, -0.25) is 4.90 Å². The molecule has 0 amide bonds. The third kappa shape index (κ3) is 8.37. The fourth-order valence-electron chi connectivity index (χ4n) is 3.21. The van der Waals surface area contributed by atoms with E-state index in [1.807, 2.05) is 6.92 Å². The first-order chi connectivity index (χ1) is 12.4. The van der Waals surface area contributed by atoms with Crippen LogP contribution in [-0.4, -0.2) is 67.4 Å². The quantitative estimate of drug-likeness (QED) is 0.223. The van der Waals surface area contributed by atoms with E-state index in [1.165, 1.54) is 0 Å². The van der Waals surface area contributed by atoms with Crippen molar-refractivity contribution in [2.45, 2.75) is 51.9 Å². The van der Waals surface area contributed by atoms with Gasteiger partial charge in [-0.2, -0.15) is 0 Å². The molecule has 1 aromatic heterocycles. The summed E-state index contributed by atoms with van der Waals surface area (Å²) >= 11 is 0. The molecule has 0 radical (unpaired) electrons. The van der Waals surface area contributed by atoms with Crippen molar-refractivity contribution >= 4 is 29.9 Å². The minimum Gasteiger partial charge on any atom is -0.466 e. The van der Waals surface area contributed by atoms with Crippen molar-refractivity contribution < 1.29 is 14.3 Å². The standard InChI is InChI=1S/C19H34N4O3.HI/c1-5-20-18(22-14-19(4,24)17-8-6-11-25-17)21-9-7-10-23-12-15(2)26-16(3)13-23;/h6,8,11,15-16,24H,5,7,9-10,12-14H2,1-4H3,(H2,20,21,22);1H. The molecule has 0 bridgehead atoms. The lowest BCUT2D eigenvalue weighted by Gasteiger charge is -2.35. The highest BCUT2D eigenvalue weighted by atomic mass is 127. The van der Waals surface area contributed by atoms with Crippen LogP contribution in [0.3, 0.4) is 0 Å². The Hall–Kier alpha value is -0.840. The molecule has 1 fully saturated rings. The van der Waals surface area contributed by atoms with Gasteiger partial charge in [-0.1, -0.05) is 0 Å². The second-order valence-electron chi connectivity index (χ2n) is 7.24. The Morgan fingerprint density at radius 2 is 2.04 bits per heavy atom. The summed E-state index contributed by atoms with van der Waals surface area (Å²) in [4.78, 5) is 6.95. The molecule has 0 aromatic carbocycles. The third-order valence-electron chi connectivity index (χ3n) is 4.38. The molecule has 3 N–H and O–H groups in total. The van der Waals surface area contributed by atoms with Crippen molar-refractivity contribution in [3.8, 4) is 0 Å². The Kier molecular flexibility index (Phi) is 10.6. The lowest BCUT2D eigenvalue weighted by atomic mass is 10.0. The third-order valence-corrected chi connectivity index (χ3v) is 4.38. The molecule has 3 atom stereocenters. The van der Waals surface area contributed by atoms with Crippen LogP contribution in [0.25, 0.3) is 0 Å². The number of morpholine rings is 1. The first-order valence-corrected chi connectivity index (χ1v) is 9.57. The molecule has 0 aliphatic carbocycles. The second kappa shape index (κ2) is 11.9. The average molecular weight is 494 g/mol. The molecular formula is C19H35IN4O3. The number of hydrogen-bond acceptors (Lipinski definition) is 5. The highest BCUT2D eigenvalue weighted by Crippen LogP contribution is 2.21. The van der Waals surface area contributed by atoms with E-state index in [0.29, 0.717) is 23.9 Å². The second-order valence-corrected chi connectivity index (χ2v) is 7.24. The fraction of sp³-hybridized carbons (Fsp3) is 0.737. The van der Waals surface area contributed by atoms with Crippen molar-refractivity contribution in [2.24, 2.45) is 4.99 Å². The molecule has 1 aromatic rings. The van der Waals surface area contributed by atoms with E-state index in [1.54, 1.807) is 25.3 Å². The van der Waals surface area contributed by atoms with Crippen LogP contribution in [-0.2, 0) is 10.3 Å². The van der Waals surface area contributed by atoms with Gasteiger partial charge >= 0.3 is 0 Å². The number of ether oxygens (including phenoxy) is 1. The molecule has 2 heterocycles. The van der Waals surface area contributed by atoms with E-state index >= 15 is 0 Å². The molecule has 27 heavy (non-hydrogen) atoms. The first kappa shape index (κ1) is 24.2. The number of rotatable bonds is 8. The monoisotopic (exact) mass is 494 g/mol. The number of hydrogen-bond donors (Lipinski definition) is 3. The van der Waals surface area contributed by atoms with Gasteiger partial charge in [0.1, 0.15) is 11.4 Å². The smallest absolute Gasteiger partial charge is 0.191 e. The summed E-state index contributed by atoms with van der Waals surface area (Å²) in [7, 11) is 0.